The van der Waals surface area contributed by atoms with E-state index in [0.717, 1.165) is 18.4 Å². The Morgan fingerprint density at radius 3 is 3.00 bits per heavy atom. The second kappa shape index (κ2) is 5.78. The van der Waals surface area contributed by atoms with E-state index in [1.54, 1.807) is 0 Å². The van der Waals surface area contributed by atoms with Crippen LogP contribution in [0.25, 0.3) is 0 Å². The Balaban J connectivity index is 2.47. The predicted molar refractivity (Wildman–Crippen MR) is 59.5 cm³/mol. The average molecular weight is 212 g/mol. The maximum Gasteiger partial charge on any atom is 0.252 e. The first-order chi connectivity index (χ1) is 6.77. The zero-order valence-electron chi connectivity index (χ0n) is 8.32. The molecule has 0 aliphatic carbocycles. The molecule has 0 spiro atoms. The summed E-state index contributed by atoms with van der Waals surface area (Å²) in [5.74, 6) is -0.0184. The van der Waals surface area contributed by atoms with Crippen molar-refractivity contribution in [3.63, 3.8) is 0 Å². The second-order valence-electron chi connectivity index (χ2n) is 3.21. The van der Waals surface area contributed by atoms with E-state index >= 15 is 0 Å². The molecule has 0 saturated carbocycles. The van der Waals surface area contributed by atoms with Crippen molar-refractivity contribution in [3.8, 4) is 0 Å². The van der Waals surface area contributed by atoms with Gasteiger partial charge in [-0.3, -0.25) is 4.79 Å². The molecule has 1 atom stereocenters. The third-order valence-electron chi connectivity index (χ3n) is 2.04. The summed E-state index contributed by atoms with van der Waals surface area (Å²) in [4.78, 5) is 11.6. The van der Waals surface area contributed by atoms with Gasteiger partial charge in [0.15, 0.2) is 0 Å². The molecule has 1 heterocycles. The minimum absolute atomic E-state index is 0.0184. The van der Waals surface area contributed by atoms with Crippen molar-refractivity contribution < 1.29 is 4.79 Å². The Morgan fingerprint density at radius 2 is 2.50 bits per heavy atom. The second-order valence-corrected chi connectivity index (χ2v) is 3.99. The number of nitrogens with one attached hydrogen (secondary N) is 1. The number of rotatable bonds is 5. The Kier molecular flexibility index (Phi) is 4.62. The largest absolute Gasteiger partial charge is 0.348 e. The standard InChI is InChI=1S/C10H16N2OS/c1-2-3-9(6-11)12-10(13)8-4-5-14-7-8/h4-5,7,9H,2-3,6,11H2,1H3,(H,12,13). The van der Waals surface area contributed by atoms with Gasteiger partial charge in [-0.2, -0.15) is 11.3 Å². The molecule has 4 heteroatoms. The molecule has 1 amide bonds. The fourth-order valence-electron chi connectivity index (χ4n) is 1.26. The molecule has 1 unspecified atom stereocenters. The number of amides is 1. The van der Waals surface area contributed by atoms with Crippen LogP contribution in [0.1, 0.15) is 30.1 Å². The lowest BCUT2D eigenvalue weighted by Crippen LogP contribution is -2.39. The van der Waals surface area contributed by atoms with Crippen molar-refractivity contribution in [3.05, 3.63) is 22.4 Å². The maximum absolute atomic E-state index is 11.6. The summed E-state index contributed by atoms with van der Waals surface area (Å²) < 4.78 is 0. The highest BCUT2D eigenvalue weighted by atomic mass is 32.1. The first-order valence-corrected chi connectivity index (χ1v) is 5.75. The summed E-state index contributed by atoms with van der Waals surface area (Å²) >= 11 is 1.52. The lowest BCUT2D eigenvalue weighted by Gasteiger charge is -2.15. The molecule has 0 aromatic carbocycles. The lowest BCUT2D eigenvalue weighted by atomic mass is 10.1. The molecular formula is C10H16N2OS. The van der Waals surface area contributed by atoms with E-state index in [9.17, 15) is 4.79 Å². The SMILES string of the molecule is CCCC(CN)NC(=O)c1ccsc1. The fraction of sp³-hybridized carbons (Fsp3) is 0.500. The van der Waals surface area contributed by atoms with Crippen molar-refractivity contribution in [2.45, 2.75) is 25.8 Å². The van der Waals surface area contributed by atoms with Crippen molar-refractivity contribution >= 4 is 17.2 Å². The molecule has 0 aliphatic rings. The van der Waals surface area contributed by atoms with Crippen molar-refractivity contribution in [2.24, 2.45) is 5.73 Å². The Bertz CT molecular complexity index is 272. The highest BCUT2D eigenvalue weighted by Crippen LogP contribution is 2.06. The lowest BCUT2D eigenvalue weighted by molar-refractivity contribution is 0.0936. The molecule has 1 rings (SSSR count). The maximum atomic E-state index is 11.6. The van der Waals surface area contributed by atoms with Crippen molar-refractivity contribution in [1.29, 1.82) is 0 Å². The van der Waals surface area contributed by atoms with Gasteiger partial charge in [-0.25, -0.2) is 0 Å². The summed E-state index contributed by atoms with van der Waals surface area (Å²) in [5.41, 5.74) is 6.27. The van der Waals surface area contributed by atoms with Crippen LogP contribution >= 0.6 is 11.3 Å². The molecule has 0 radical (unpaired) electrons. The number of thiophene rings is 1. The number of nitrogens with two attached hydrogens (primary N) is 1. The van der Waals surface area contributed by atoms with E-state index in [1.807, 2.05) is 16.8 Å². The summed E-state index contributed by atoms with van der Waals surface area (Å²) in [7, 11) is 0. The van der Waals surface area contributed by atoms with Crippen molar-refractivity contribution in [2.75, 3.05) is 6.54 Å². The molecule has 1 aromatic rings. The van der Waals surface area contributed by atoms with Crippen LogP contribution in [0.2, 0.25) is 0 Å². The zero-order valence-corrected chi connectivity index (χ0v) is 9.14. The van der Waals surface area contributed by atoms with Crippen LogP contribution in [0.15, 0.2) is 16.8 Å². The van der Waals surface area contributed by atoms with E-state index < -0.39 is 0 Å². The van der Waals surface area contributed by atoms with Crippen LogP contribution in [0.4, 0.5) is 0 Å². The molecule has 0 bridgehead atoms. The molecule has 78 valence electrons. The van der Waals surface area contributed by atoms with Gasteiger partial charge in [0.25, 0.3) is 5.91 Å². The quantitative estimate of drug-likeness (QED) is 0.779. The summed E-state index contributed by atoms with van der Waals surface area (Å²) in [6.07, 6.45) is 1.97. The van der Waals surface area contributed by atoms with Crippen LogP contribution in [0.3, 0.4) is 0 Å². The monoisotopic (exact) mass is 212 g/mol. The van der Waals surface area contributed by atoms with Gasteiger partial charge in [-0.05, 0) is 17.9 Å². The van der Waals surface area contributed by atoms with Crippen LogP contribution in [-0.2, 0) is 0 Å². The van der Waals surface area contributed by atoms with E-state index in [4.69, 9.17) is 5.73 Å². The number of hydrogen-bond donors (Lipinski definition) is 2. The van der Waals surface area contributed by atoms with Gasteiger partial charge in [-0.1, -0.05) is 13.3 Å². The highest BCUT2D eigenvalue weighted by molar-refractivity contribution is 7.08. The van der Waals surface area contributed by atoms with Gasteiger partial charge in [0.1, 0.15) is 0 Å². The van der Waals surface area contributed by atoms with E-state index in [0.29, 0.717) is 6.54 Å². The molecule has 0 fully saturated rings. The first-order valence-electron chi connectivity index (χ1n) is 4.81. The number of carbonyl (C=O) groups excluding carboxylic acids is 1. The topological polar surface area (TPSA) is 55.1 Å². The number of hydrogen-bond acceptors (Lipinski definition) is 3. The van der Waals surface area contributed by atoms with E-state index in [2.05, 4.69) is 12.2 Å². The van der Waals surface area contributed by atoms with Gasteiger partial charge in [0.2, 0.25) is 0 Å². The zero-order chi connectivity index (χ0) is 10.4. The normalized spacial score (nSPS) is 12.4. The van der Waals surface area contributed by atoms with Crippen LogP contribution in [0.5, 0.6) is 0 Å². The summed E-state index contributed by atoms with van der Waals surface area (Å²) in [5, 5.41) is 6.65. The van der Waals surface area contributed by atoms with Crippen LogP contribution in [-0.4, -0.2) is 18.5 Å². The number of carbonyl (C=O) groups is 1. The van der Waals surface area contributed by atoms with Gasteiger partial charge in [-0.15, -0.1) is 0 Å². The van der Waals surface area contributed by atoms with Gasteiger partial charge < -0.3 is 11.1 Å². The molecule has 14 heavy (non-hydrogen) atoms. The predicted octanol–water partition coefficient (Wildman–Crippen LogP) is 1.61. The highest BCUT2D eigenvalue weighted by Gasteiger charge is 2.11. The molecule has 3 nitrogen and oxygen atoms in total. The van der Waals surface area contributed by atoms with Crippen molar-refractivity contribution in [1.82, 2.24) is 5.32 Å². The Hall–Kier alpha value is -0.870. The molecule has 1 aromatic heterocycles. The minimum atomic E-state index is -0.0184. The van der Waals surface area contributed by atoms with E-state index in [-0.39, 0.29) is 11.9 Å². The van der Waals surface area contributed by atoms with Gasteiger partial charge >= 0.3 is 0 Å². The molecule has 0 saturated heterocycles. The fourth-order valence-corrected chi connectivity index (χ4v) is 1.90. The Morgan fingerprint density at radius 1 is 1.71 bits per heavy atom. The van der Waals surface area contributed by atoms with Gasteiger partial charge in [0.05, 0.1) is 0 Å². The minimum Gasteiger partial charge on any atom is -0.348 e. The third-order valence-corrected chi connectivity index (χ3v) is 2.72. The average Bonchev–Trinajstić information content (AvgIpc) is 2.69. The van der Waals surface area contributed by atoms with Crippen LogP contribution in [0, 0.1) is 0 Å². The van der Waals surface area contributed by atoms with E-state index in [1.165, 1.54) is 11.3 Å². The summed E-state index contributed by atoms with van der Waals surface area (Å²) in [6.45, 7) is 2.59. The summed E-state index contributed by atoms with van der Waals surface area (Å²) in [6, 6.07) is 1.92. The Labute approximate surface area is 88.3 Å². The molecular weight excluding hydrogens is 196 g/mol. The first kappa shape index (κ1) is 11.2. The van der Waals surface area contributed by atoms with Gasteiger partial charge in [0, 0.05) is 23.5 Å². The van der Waals surface area contributed by atoms with Crippen LogP contribution < -0.4 is 11.1 Å². The molecule has 0 aliphatic heterocycles. The molecule has 3 N–H and O–H groups in total. The smallest absolute Gasteiger partial charge is 0.252 e. The third kappa shape index (κ3) is 3.12.